The first-order valence-electron chi connectivity index (χ1n) is 5.91. The third-order valence-corrected chi connectivity index (χ3v) is 3.14. The highest BCUT2D eigenvalue weighted by atomic mass is 19.1. The van der Waals surface area contributed by atoms with Gasteiger partial charge in [-0.15, -0.1) is 0 Å². The van der Waals surface area contributed by atoms with Crippen LogP contribution in [0.25, 0.3) is 0 Å². The largest absolute Gasteiger partial charge is 0.389 e. The molecule has 2 nitrogen and oxygen atoms in total. The van der Waals surface area contributed by atoms with Crippen molar-refractivity contribution in [3.05, 3.63) is 29.6 Å². The fourth-order valence-corrected chi connectivity index (χ4v) is 2.32. The van der Waals surface area contributed by atoms with E-state index >= 15 is 0 Å². The minimum Gasteiger partial charge on any atom is -0.389 e. The SMILES string of the molecule is C[C@H](O)c1cccc(F)c1N1CCCCC1. The van der Waals surface area contributed by atoms with Crippen molar-refractivity contribution < 1.29 is 9.50 Å². The number of hydrogen-bond acceptors (Lipinski definition) is 2. The molecule has 0 spiro atoms. The molecule has 2 rings (SSSR count). The van der Waals surface area contributed by atoms with Gasteiger partial charge < -0.3 is 10.0 Å². The fourth-order valence-electron chi connectivity index (χ4n) is 2.32. The molecule has 1 heterocycles. The van der Waals surface area contributed by atoms with Crippen LogP contribution in [0.2, 0.25) is 0 Å². The summed E-state index contributed by atoms with van der Waals surface area (Å²) in [5, 5.41) is 9.67. The van der Waals surface area contributed by atoms with Crippen LogP contribution in [0.3, 0.4) is 0 Å². The van der Waals surface area contributed by atoms with Crippen molar-refractivity contribution in [3.8, 4) is 0 Å². The molecular formula is C13H18FNO. The van der Waals surface area contributed by atoms with Crippen LogP contribution in [-0.4, -0.2) is 18.2 Å². The van der Waals surface area contributed by atoms with Crippen LogP contribution in [0, 0.1) is 5.82 Å². The van der Waals surface area contributed by atoms with Crippen molar-refractivity contribution in [3.63, 3.8) is 0 Å². The highest BCUT2D eigenvalue weighted by Gasteiger charge is 2.20. The van der Waals surface area contributed by atoms with E-state index in [0.29, 0.717) is 11.3 Å². The number of rotatable bonds is 2. The predicted octanol–water partition coefficient (Wildman–Crippen LogP) is 2.87. The topological polar surface area (TPSA) is 23.5 Å². The Bertz CT molecular complexity index is 359. The van der Waals surface area contributed by atoms with E-state index in [4.69, 9.17) is 0 Å². The van der Waals surface area contributed by atoms with Crippen LogP contribution in [0.4, 0.5) is 10.1 Å². The van der Waals surface area contributed by atoms with E-state index in [1.165, 1.54) is 12.5 Å². The molecule has 0 aliphatic carbocycles. The molecule has 0 saturated carbocycles. The molecular weight excluding hydrogens is 205 g/mol. The first kappa shape index (κ1) is 11.4. The maximum Gasteiger partial charge on any atom is 0.146 e. The molecule has 0 aromatic heterocycles. The van der Waals surface area contributed by atoms with Gasteiger partial charge in [-0.1, -0.05) is 12.1 Å². The molecule has 1 saturated heterocycles. The third-order valence-electron chi connectivity index (χ3n) is 3.14. The summed E-state index contributed by atoms with van der Waals surface area (Å²) < 4.78 is 13.8. The molecule has 1 atom stereocenters. The number of anilines is 1. The van der Waals surface area contributed by atoms with Crippen molar-refractivity contribution in [2.24, 2.45) is 0 Å². The molecule has 1 aliphatic heterocycles. The van der Waals surface area contributed by atoms with Crippen LogP contribution in [-0.2, 0) is 0 Å². The maximum atomic E-state index is 13.8. The lowest BCUT2D eigenvalue weighted by Crippen LogP contribution is -2.31. The number of hydrogen-bond donors (Lipinski definition) is 1. The number of aliphatic hydroxyl groups excluding tert-OH is 1. The van der Waals surface area contributed by atoms with Gasteiger partial charge in [0.2, 0.25) is 0 Å². The van der Waals surface area contributed by atoms with Gasteiger partial charge >= 0.3 is 0 Å². The minimum absolute atomic E-state index is 0.222. The van der Waals surface area contributed by atoms with Gasteiger partial charge in [-0.25, -0.2) is 4.39 Å². The number of aliphatic hydroxyl groups is 1. The summed E-state index contributed by atoms with van der Waals surface area (Å²) in [6, 6.07) is 4.93. The van der Waals surface area contributed by atoms with Crippen molar-refractivity contribution in [2.45, 2.75) is 32.3 Å². The second-order valence-corrected chi connectivity index (χ2v) is 4.40. The van der Waals surface area contributed by atoms with Crippen molar-refractivity contribution in [2.75, 3.05) is 18.0 Å². The lowest BCUT2D eigenvalue weighted by atomic mass is 10.0. The molecule has 16 heavy (non-hydrogen) atoms. The van der Waals surface area contributed by atoms with E-state index in [-0.39, 0.29) is 5.82 Å². The van der Waals surface area contributed by atoms with Crippen molar-refractivity contribution in [1.29, 1.82) is 0 Å². The van der Waals surface area contributed by atoms with Gasteiger partial charge in [0.05, 0.1) is 11.8 Å². The highest BCUT2D eigenvalue weighted by Crippen LogP contribution is 2.31. The second kappa shape index (κ2) is 4.83. The Kier molecular flexibility index (Phi) is 3.44. The minimum atomic E-state index is -0.618. The normalized spacial score (nSPS) is 18.6. The van der Waals surface area contributed by atoms with Crippen LogP contribution in [0.15, 0.2) is 18.2 Å². The van der Waals surface area contributed by atoms with E-state index in [1.807, 2.05) is 0 Å². The van der Waals surface area contributed by atoms with Gasteiger partial charge in [-0.3, -0.25) is 0 Å². The van der Waals surface area contributed by atoms with E-state index < -0.39 is 6.10 Å². The number of halogens is 1. The average Bonchev–Trinajstić information content (AvgIpc) is 2.29. The molecule has 88 valence electrons. The first-order valence-corrected chi connectivity index (χ1v) is 5.91. The number of benzene rings is 1. The van der Waals surface area contributed by atoms with E-state index in [2.05, 4.69) is 4.90 Å². The smallest absolute Gasteiger partial charge is 0.146 e. The van der Waals surface area contributed by atoms with Gasteiger partial charge in [-0.05, 0) is 32.3 Å². The Labute approximate surface area is 95.7 Å². The molecule has 0 radical (unpaired) electrons. The van der Waals surface area contributed by atoms with Crippen molar-refractivity contribution >= 4 is 5.69 Å². The van der Waals surface area contributed by atoms with E-state index in [0.717, 1.165) is 25.9 Å². The van der Waals surface area contributed by atoms with Gasteiger partial charge in [0.25, 0.3) is 0 Å². The number of nitrogens with zero attached hydrogens (tertiary/aromatic N) is 1. The standard InChI is InChI=1S/C13H18FNO/c1-10(16)11-6-5-7-12(14)13(11)15-8-3-2-4-9-15/h5-7,10,16H,2-4,8-9H2,1H3/t10-/m0/s1. The molecule has 0 unspecified atom stereocenters. The zero-order valence-corrected chi connectivity index (χ0v) is 9.62. The molecule has 0 amide bonds. The van der Waals surface area contributed by atoms with E-state index in [1.54, 1.807) is 19.1 Å². The average molecular weight is 223 g/mol. The molecule has 3 heteroatoms. The molecule has 1 N–H and O–H groups in total. The Hall–Kier alpha value is -1.09. The number of piperidine rings is 1. The van der Waals surface area contributed by atoms with Crippen LogP contribution in [0.1, 0.15) is 37.9 Å². The Morgan fingerprint density at radius 2 is 1.94 bits per heavy atom. The summed E-state index contributed by atoms with van der Waals surface area (Å²) in [5.41, 5.74) is 1.29. The summed E-state index contributed by atoms with van der Waals surface area (Å²) >= 11 is 0. The number of para-hydroxylation sites is 1. The van der Waals surface area contributed by atoms with Crippen LogP contribution in [0.5, 0.6) is 0 Å². The first-order chi connectivity index (χ1) is 7.70. The molecule has 0 bridgehead atoms. The predicted molar refractivity (Wildman–Crippen MR) is 63.1 cm³/mol. The van der Waals surface area contributed by atoms with Crippen LogP contribution < -0.4 is 4.90 Å². The lowest BCUT2D eigenvalue weighted by Gasteiger charge is -2.31. The molecule has 1 aliphatic rings. The zero-order chi connectivity index (χ0) is 11.5. The summed E-state index contributed by atoms with van der Waals surface area (Å²) in [7, 11) is 0. The van der Waals surface area contributed by atoms with Gasteiger partial charge in [0, 0.05) is 18.7 Å². The molecule has 1 aromatic carbocycles. The van der Waals surface area contributed by atoms with E-state index in [9.17, 15) is 9.50 Å². The fraction of sp³-hybridized carbons (Fsp3) is 0.538. The second-order valence-electron chi connectivity index (χ2n) is 4.40. The summed E-state index contributed by atoms with van der Waals surface area (Å²) in [6.45, 7) is 3.46. The molecule has 1 fully saturated rings. The maximum absolute atomic E-state index is 13.8. The Morgan fingerprint density at radius 3 is 2.56 bits per heavy atom. The monoisotopic (exact) mass is 223 g/mol. The third kappa shape index (κ3) is 2.19. The zero-order valence-electron chi connectivity index (χ0n) is 9.62. The lowest BCUT2D eigenvalue weighted by molar-refractivity contribution is 0.199. The van der Waals surface area contributed by atoms with Gasteiger partial charge in [-0.2, -0.15) is 0 Å². The summed E-state index contributed by atoms with van der Waals surface area (Å²) in [5.74, 6) is -0.222. The van der Waals surface area contributed by atoms with Crippen LogP contribution >= 0.6 is 0 Å². The van der Waals surface area contributed by atoms with Gasteiger partial charge in [0.1, 0.15) is 5.82 Å². The highest BCUT2D eigenvalue weighted by molar-refractivity contribution is 5.56. The molecule has 1 aromatic rings. The Balaban J connectivity index is 2.36. The summed E-state index contributed by atoms with van der Waals surface area (Å²) in [6.07, 6.45) is 2.81. The quantitative estimate of drug-likeness (QED) is 0.833. The van der Waals surface area contributed by atoms with Crippen molar-refractivity contribution in [1.82, 2.24) is 0 Å². The summed E-state index contributed by atoms with van der Waals surface area (Å²) in [4.78, 5) is 2.06. The van der Waals surface area contributed by atoms with Gasteiger partial charge in [0.15, 0.2) is 0 Å². The Morgan fingerprint density at radius 1 is 1.25 bits per heavy atom.